The number of aromatic nitrogens is 2. The molecule has 148 valence electrons. The van der Waals surface area contributed by atoms with Gasteiger partial charge in [0.1, 0.15) is 4.90 Å². The molecule has 0 aliphatic rings. The minimum absolute atomic E-state index is 0.0340. The monoisotopic (exact) mass is 420 g/mol. The van der Waals surface area contributed by atoms with Crippen molar-refractivity contribution in [2.24, 2.45) is 0 Å². The third kappa shape index (κ3) is 5.04. The minimum atomic E-state index is -3.76. The summed E-state index contributed by atoms with van der Waals surface area (Å²) in [6.45, 7) is 0.0340. The Morgan fingerprint density at radius 1 is 0.964 bits per heavy atom. The molecule has 0 bridgehead atoms. The highest BCUT2D eigenvalue weighted by Gasteiger charge is 2.17. The van der Waals surface area contributed by atoms with Crippen LogP contribution in [0.1, 0.15) is 11.1 Å². The van der Waals surface area contributed by atoms with Crippen LogP contribution in [0.4, 0.5) is 0 Å². The molecule has 0 aliphatic carbocycles. The standard InChI is InChI=1S/C18H20N4O4S2/c1-19-27(23,24)14-16-7-5-6-15(10-16)11-21-28(25,26)18-12-20-22(13-18)17-8-3-2-4-9-17/h2-10,12-13,19,21H,11,14H2,1H3. The van der Waals surface area contributed by atoms with Gasteiger partial charge in [-0.05, 0) is 30.3 Å². The number of nitrogens with one attached hydrogen (secondary N) is 2. The molecule has 1 aromatic heterocycles. The maximum Gasteiger partial charge on any atom is 0.244 e. The van der Waals surface area contributed by atoms with E-state index in [-0.39, 0.29) is 17.2 Å². The van der Waals surface area contributed by atoms with Crippen LogP contribution in [0.2, 0.25) is 0 Å². The Labute approximate surface area is 164 Å². The summed E-state index contributed by atoms with van der Waals surface area (Å²) in [7, 11) is -5.81. The van der Waals surface area contributed by atoms with Crippen LogP contribution in [-0.4, -0.2) is 33.7 Å². The predicted molar refractivity (Wildman–Crippen MR) is 106 cm³/mol. The molecular weight excluding hydrogens is 400 g/mol. The number of rotatable bonds is 8. The van der Waals surface area contributed by atoms with E-state index in [1.807, 2.05) is 30.3 Å². The van der Waals surface area contributed by atoms with E-state index in [4.69, 9.17) is 0 Å². The molecular formula is C18H20N4O4S2. The van der Waals surface area contributed by atoms with Crippen molar-refractivity contribution in [3.63, 3.8) is 0 Å². The van der Waals surface area contributed by atoms with Crippen LogP contribution < -0.4 is 9.44 Å². The van der Waals surface area contributed by atoms with Crippen LogP contribution in [0, 0.1) is 0 Å². The van der Waals surface area contributed by atoms with Crippen LogP contribution in [-0.2, 0) is 32.3 Å². The Balaban J connectivity index is 1.71. The van der Waals surface area contributed by atoms with Gasteiger partial charge in [0.05, 0.1) is 23.8 Å². The second kappa shape index (κ2) is 8.23. The molecule has 3 rings (SSSR count). The molecule has 2 N–H and O–H groups in total. The number of hydrogen-bond acceptors (Lipinski definition) is 5. The van der Waals surface area contributed by atoms with Gasteiger partial charge in [0.2, 0.25) is 20.0 Å². The fraction of sp³-hybridized carbons (Fsp3) is 0.167. The number of hydrogen-bond donors (Lipinski definition) is 2. The Morgan fingerprint density at radius 3 is 2.39 bits per heavy atom. The van der Waals surface area contributed by atoms with E-state index in [0.29, 0.717) is 11.1 Å². The predicted octanol–water partition coefficient (Wildman–Crippen LogP) is 1.40. The third-order valence-electron chi connectivity index (χ3n) is 4.02. The molecule has 0 radical (unpaired) electrons. The van der Waals surface area contributed by atoms with Gasteiger partial charge in [0, 0.05) is 6.54 Å². The molecule has 0 spiro atoms. The molecule has 10 heteroatoms. The SMILES string of the molecule is CNS(=O)(=O)Cc1cccc(CNS(=O)(=O)c2cnn(-c3ccccc3)c2)c1. The maximum absolute atomic E-state index is 12.5. The summed E-state index contributed by atoms with van der Waals surface area (Å²) in [4.78, 5) is 0.0465. The summed E-state index contributed by atoms with van der Waals surface area (Å²) < 4.78 is 54.7. The van der Waals surface area contributed by atoms with Gasteiger partial charge in [-0.15, -0.1) is 0 Å². The lowest BCUT2D eigenvalue weighted by Crippen LogP contribution is -2.23. The van der Waals surface area contributed by atoms with Crippen molar-refractivity contribution in [2.75, 3.05) is 7.05 Å². The van der Waals surface area contributed by atoms with Gasteiger partial charge in [-0.3, -0.25) is 0 Å². The zero-order chi connectivity index (χ0) is 20.2. The van der Waals surface area contributed by atoms with E-state index in [2.05, 4.69) is 14.5 Å². The normalized spacial score (nSPS) is 12.2. The topological polar surface area (TPSA) is 110 Å². The van der Waals surface area contributed by atoms with E-state index < -0.39 is 20.0 Å². The lowest BCUT2D eigenvalue weighted by atomic mass is 10.1. The summed E-state index contributed by atoms with van der Waals surface area (Å²) in [5, 5.41) is 4.10. The van der Waals surface area contributed by atoms with Crippen molar-refractivity contribution in [3.8, 4) is 5.69 Å². The molecule has 0 fully saturated rings. The van der Waals surface area contributed by atoms with E-state index in [9.17, 15) is 16.8 Å². The first kappa shape index (κ1) is 20.2. The zero-order valence-electron chi connectivity index (χ0n) is 15.1. The first-order valence-electron chi connectivity index (χ1n) is 8.38. The maximum atomic E-state index is 12.5. The summed E-state index contributed by atoms with van der Waals surface area (Å²) in [5.41, 5.74) is 1.98. The van der Waals surface area contributed by atoms with Crippen LogP contribution in [0.5, 0.6) is 0 Å². The van der Waals surface area contributed by atoms with Crippen LogP contribution >= 0.6 is 0 Å². The van der Waals surface area contributed by atoms with Gasteiger partial charge in [-0.1, -0.05) is 42.5 Å². The second-order valence-electron chi connectivity index (χ2n) is 6.06. The van der Waals surface area contributed by atoms with Gasteiger partial charge in [0.25, 0.3) is 0 Å². The highest BCUT2D eigenvalue weighted by molar-refractivity contribution is 7.89. The van der Waals surface area contributed by atoms with Gasteiger partial charge in [-0.25, -0.2) is 31.0 Å². The van der Waals surface area contributed by atoms with Crippen molar-refractivity contribution < 1.29 is 16.8 Å². The summed E-state index contributed by atoms with van der Waals surface area (Å²) in [6.07, 6.45) is 2.72. The number of nitrogens with zero attached hydrogens (tertiary/aromatic N) is 2. The Kier molecular flexibility index (Phi) is 5.94. The van der Waals surface area contributed by atoms with Crippen molar-refractivity contribution in [1.29, 1.82) is 0 Å². The molecule has 0 saturated heterocycles. The lowest BCUT2D eigenvalue weighted by Gasteiger charge is -2.07. The number of sulfonamides is 2. The largest absolute Gasteiger partial charge is 0.244 e. The Hall–Kier alpha value is -2.53. The molecule has 0 amide bonds. The van der Waals surface area contributed by atoms with Crippen molar-refractivity contribution in [2.45, 2.75) is 17.2 Å². The highest BCUT2D eigenvalue weighted by atomic mass is 32.2. The minimum Gasteiger partial charge on any atom is -0.240 e. The van der Waals surface area contributed by atoms with Gasteiger partial charge >= 0.3 is 0 Å². The van der Waals surface area contributed by atoms with Crippen LogP contribution in [0.15, 0.2) is 71.9 Å². The average Bonchev–Trinajstić information content (AvgIpc) is 3.18. The fourth-order valence-corrected chi connectivity index (χ4v) is 4.26. The molecule has 0 atom stereocenters. The quantitative estimate of drug-likeness (QED) is 0.572. The Bertz CT molecular complexity index is 1160. The summed E-state index contributed by atoms with van der Waals surface area (Å²) in [6, 6.07) is 15.9. The van der Waals surface area contributed by atoms with Crippen LogP contribution in [0.25, 0.3) is 5.69 Å². The number of benzene rings is 2. The third-order valence-corrected chi connectivity index (χ3v) is 6.71. The zero-order valence-corrected chi connectivity index (χ0v) is 16.7. The number of para-hydroxylation sites is 1. The molecule has 28 heavy (non-hydrogen) atoms. The second-order valence-corrected chi connectivity index (χ2v) is 9.76. The van der Waals surface area contributed by atoms with E-state index >= 15 is 0 Å². The molecule has 0 unspecified atom stereocenters. The van der Waals surface area contributed by atoms with Gasteiger partial charge < -0.3 is 0 Å². The van der Waals surface area contributed by atoms with Crippen molar-refractivity contribution in [3.05, 3.63) is 78.1 Å². The van der Waals surface area contributed by atoms with E-state index in [0.717, 1.165) is 5.69 Å². The first-order valence-corrected chi connectivity index (χ1v) is 11.5. The van der Waals surface area contributed by atoms with Gasteiger partial charge in [-0.2, -0.15) is 5.10 Å². The Morgan fingerprint density at radius 2 is 1.68 bits per heavy atom. The lowest BCUT2D eigenvalue weighted by molar-refractivity contribution is 0.580. The average molecular weight is 421 g/mol. The fourth-order valence-electron chi connectivity index (χ4n) is 2.55. The summed E-state index contributed by atoms with van der Waals surface area (Å²) >= 11 is 0. The molecule has 0 aliphatic heterocycles. The molecule has 3 aromatic rings. The van der Waals surface area contributed by atoms with Gasteiger partial charge in [0.15, 0.2) is 0 Å². The van der Waals surface area contributed by atoms with E-state index in [1.54, 1.807) is 24.3 Å². The van der Waals surface area contributed by atoms with Crippen molar-refractivity contribution in [1.82, 2.24) is 19.2 Å². The molecule has 0 saturated carbocycles. The van der Waals surface area contributed by atoms with E-state index in [1.165, 1.54) is 24.1 Å². The van der Waals surface area contributed by atoms with Crippen LogP contribution in [0.3, 0.4) is 0 Å². The smallest absolute Gasteiger partial charge is 0.240 e. The first-order chi connectivity index (χ1) is 13.3. The molecule has 1 heterocycles. The summed E-state index contributed by atoms with van der Waals surface area (Å²) in [5.74, 6) is -0.173. The molecule has 8 nitrogen and oxygen atoms in total. The molecule has 2 aromatic carbocycles. The van der Waals surface area contributed by atoms with Crippen molar-refractivity contribution >= 4 is 20.0 Å². The highest BCUT2D eigenvalue weighted by Crippen LogP contribution is 2.13.